The van der Waals surface area contributed by atoms with Gasteiger partial charge in [-0.1, -0.05) is 0 Å². The molecule has 1 rings (SSSR count). The van der Waals surface area contributed by atoms with Gasteiger partial charge < -0.3 is 4.74 Å². The van der Waals surface area contributed by atoms with Crippen molar-refractivity contribution in [3.63, 3.8) is 0 Å². The van der Waals surface area contributed by atoms with Crippen molar-refractivity contribution in [1.29, 1.82) is 0 Å². The van der Waals surface area contributed by atoms with Crippen LogP contribution < -0.4 is 0 Å². The lowest BCUT2D eigenvalue weighted by Crippen LogP contribution is -2.10. The molecule has 0 bridgehead atoms. The summed E-state index contributed by atoms with van der Waals surface area (Å²) in [5.41, 5.74) is 0.628. The van der Waals surface area contributed by atoms with E-state index in [1.54, 1.807) is 19.9 Å². The van der Waals surface area contributed by atoms with Crippen LogP contribution in [0.15, 0.2) is 12.3 Å². The molecule has 0 aliphatic carbocycles. The van der Waals surface area contributed by atoms with Crippen LogP contribution in [0.5, 0.6) is 0 Å². The first kappa shape index (κ1) is 10.6. The maximum absolute atomic E-state index is 13.3. The first-order chi connectivity index (χ1) is 6.65. The second-order valence-corrected chi connectivity index (χ2v) is 2.87. The summed E-state index contributed by atoms with van der Waals surface area (Å²) in [7, 11) is 0. The molecule has 0 saturated carbocycles. The number of rotatable bonds is 3. The van der Waals surface area contributed by atoms with Gasteiger partial charge in [0.2, 0.25) is 0 Å². The number of aryl methyl sites for hydroxylation is 1. The largest absolute Gasteiger partial charge is 0.466 e. The van der Waals surface area contributed by atoms with E-state index in [-0.39, 0.29) is 12.1 Å². The van der Waals surface area contributed by atoms with Crippen molar-refractivity contribution in [2.75, 3.05) is 6.61 Å². The Labute approximate surface area is 81.9 Å². The molecule has 4 heteroatoms. The van der Waals surface area contributed by atoms with Crippen LogP contribution in [0.4, 0.5) is 4.39 Å². The molecule has 1 aromatic heterocycles. The number of hydrogen-bond acceptors (Lipinski definition) is 3. The van der Waals surface area contributed by atoms with Crippen molar-refractivity contribution in [2.45, 2.75) is 20.3 Å². The highest BCUT2D eigenvalue weighted by Gasteiger charge is 2.11. The average molecular weight is 197 g/mol. The molecule has 0 unspecified atom stereocenters. The Kier molecular flexibility index (Phi) is 3.56. The van der Waals surface area contributed by atoms with Gasteiger partial charge in [0.25, 0.3) is 0 Å². The van der Waals surface area contributed by atoms with Crippen molar-refractivity contribution in [1.82, 2.24) is 4.98 Å². The van der Waals surface area contributed by atoms with Crippen LogP contribution >= 0.6 is 0 Å². The van der Waals surface area contributed by atoms with Crippen molar-refractivity contribution in [3.05, 3.63) is 29.3 Å². The fourth-order valence-electron chi connectivity index (χ4n) is 1.07. The Bertz CT molecular complexity index is 339. The number of esters is 1. The molecule has 0 N–H and O–H groups in total. The van der Waals surface area contributed by atoms with Crippen LogP contribution in [0, 0.1) is 12.7 Å². The molecule has 0 saturated heterocycles. The monoisotopic (exact) mass is 197 g/mol. The third kappa shape index (κ3) is 2.52. The Morgan fingerprint density at radius 1 is 1.64 bits per heavy atom. The molecule has 0 spiro atoms. The van der Waals surface area contributed by atoms with E-state index in [9.17, 15) is 9.18 Å². The summed E-state index contributed by atoms with van der Waals surface area (Å²) < 4.78 is 18.0. The van der Waals surface area contributed by atoms with Crippen molar-refractivity contribution in [3.8, 4) is 0 Å². The molecule has 0 aliphatic heterocycles. The van der Waals surface area contributed by atoms with E-state index >= 15 is 0 Å². The van der Waals surface area contributed by atoms with Gasteiger partial charge in [0, 0.05) is 6.20 Å². The van der Waals surface area contributed by atoms with Crippen LogP contribution in [0.3, 0.4) is 0 Å². The number of nitrogens with zero attached hydrogens (tertiary/aromatic N) is 1. The van der Waals surface area contributed by atoms with E-state index in [1.807, 2.05) is 0 Å². The number of halogens is 1. The SMILES string of the molecule is CCOC(=O)Cc1nccc(C)c1F. The molecule has 1 aromatic rings. The summed E-state index contributed by atoms with van der Waals surface area (Å²) in [6, 6.07) is 1.56. The van der Waals surface area contributed by atoms with E-state index in [0.29, 0.717) is 12.2 Å². The summed E-state index contributed by atoms with van der Waals surface area (Å²) >= 11 is 0. The zero-order chi connectivity index (χ0) is 10.6. The van der Waals surface area contributed by atoms with E-state index < -0.39 is 11.8 Å². The minimum Gasteiger partial charge on any atom is -0.466 e. The zero-order valence-corrected chi connectivity index (χ0v) is 8.21. The Morgan fingerprint density at radius 3 is 3.00 bits per heavy atom. The molecule has 0 radical (unpaired) electrons. The van der Waals surface area contributed by atoms with Crippen molar-refractivity contribution < 1.29 is 13.9 Å². The zero-order valence-electron chi connectivity index (χ0n) is 8.21. The van der Waals surface area contributed by atoms with Gasteiger partial charge in [0.05, 0.1) is 18.7 Å². The van der Waals surface area contributed by atoms with Gasteiger partial charge in [-0.3, -0.25) is 9.78 Å². The van der Waals surface area contributed by atoms with Crippen LogP contribution in [-0.2, 0) is 16.0 Å². The fourth-order valence-corrected chi connectivity index (χ4v) is 1.07. The van der Waals surface area contributed by atoms with E-state index in [1.165, 1.54) is 6.20 Å². The van der Waals surface area contributed by atoms with Crippen molar-refractivity contribution >= 4 is 5.97 Å². The van der Waals surface area contributed by atoms with Gasteiger partial charge in [-0.15, -0.1) is 0 Å². The third-order valence-corrected chi connectivity index (χ3v) is 1.77. The van der Waals surface area contributed by atoms with Gasteiger partial charge in [-0.05, 0) is 25.5 Å². The lowest BCUT2D eigenvalue weighted by atomic mass is 10.2. The predicted octanol–water partition coefficient (Wildman–Crippen LogP) is 1.63. The summed E-state index contributed by atoms with van der Waals surface area (Å²) in [5, 5.41) is 0. The lowest BCUT2D eigenvalue weighted by Gasteiger charge is -2.03. The van der Waals surface area contributed by atoms with Crippen LogP contribution in [0.1, 0.15) is 18.2 Å². The summed E-state index contributed by atoms with van der Waals surface area (Å²) in [4.78, 5) is 14.8. The summed E-state index contributed by atoms with van der Waals surface area (Å²) in [6.07, 6.45) is 1.37. The first-order valence-corrected chi connectivity index (χ1v) is 4.40. The summed E-state index contributed by atoms with van der Waals surface area (Å²) in [5.74, 6) is -0.884. The quantitative estimate of drug-likeness (QED) is 0.691. The van der Waals surface area contributed by atoms with Crippen LogP contribution in [0.2, 0.25) is 0 Å². The van der Waals surface area contributed by atoms with Gasteiger partial charge >= 0.3 is 5.97 Å². The molecule has 76 valence electrons. The van der Waals surface area contributed by atoms with Crippen LogP contribution in [0.25, 0.3) is 0 Å². The lowest BCUT2D eigenvalue weighted by molar-refractivity contribution is -0.142. The van der Waals surface area contributed by atoms with Gasteiger partial charge in [0.15, 0.2) is 0 Å². The maximum atomic E-state index is 13.3. The Morgan fingerprint density at radius 2 is 2.36 bits per heavy atom. The Balaban J connectivity index is 2.76. The molecule has 0 fully saturated rings. The third-order valence-electron chi connectivity index (χ3n) is 1.77. The minimum absolute atomic E-state index is 0.110. The first-order valence-electron chi connectivity index (χ1n) is 4.40. The molecular formula is C10H12FNO2. The highest BCUT2D eigenvalue weighted by molar-refractivity contribution is 5.72. The number of ether oxygens (including phenoxy) is 1. The highest BCUT2D eigenvalue weighted by Crippen LogP contribution is 2.09. The van der Waals surface area contributed by atoms with Crippen molar-refractivity contribution in [2.24, 2.45) is 0 Å². The molecule has 0 atom stereocenters. The van der Waals surface area contributed by atoms with E-state index in [4.69, 9.17) is 4.74 Å². The molecule has 1 heterocycles. The molecule has 3 nitrogen and oxygen atoms in total. The second-order valence-electron chi connectivity index (χ2n) is 2.87. The normalized spacial score (nSPS) is 9.93. The number of pyridine rings is 1. The molecule has 0 aromatic carbocycles. The highest BCUT2D eigenvalue weighted by atomic mass is 19.1. The van der Waals surface area contributed by atoms with Crippen LogP contribution in [-0.4, -0.2) is 17.6 Å². The van der Waals surface area contributed by atoms with Gasteiger partial charge in [0.1, 0.15) is 5.82 Å². The standard InChI is InChI=1S/C10H12FNO2/c1-3-14-9(13)6-8-10(11)7(2)4-5-12-8/h4-5H,3,6H2,1-2H3. The number of carbonyl (C=O) groups excluding carboxylic acids is 1. The molecule has 0 amide bonds. The summed E-state index contributed by atoms with van der Waals surface area (Å²) in [6.45, 7) is 3.63. The number of carbonyl (C=O) groups is 1. The second kappa shape index (κ2) is 4.69. The smallest absolute Gasteiger partial charge is 0.311 e. The van der Waals surface area contributed by atoms with Gasteiger partial charge in [-0.2, -0.15) is 0 Å². The minimum atomic E-state index is -0.454. The average Bonchev–Trinajstić information content (AvgIpc) is 2.13. The Hall–Kier alpha value is -1.45. The van der Waals surface area contributed by atoms with E-state index in [0.717, 1.165) is 0 Å². The van der Waals surface area contributed by atoms with Gasteiger partial charge in [-0.25, -0.2) is 4.39 Å². The predicted molar refractivity (Wildman–Crippen MR) is 49.3 cm³/mol. The molecule has 14 heavy (non-hydrogen) atoms. The fraction of sp³-hybridized carbons (Fsp3) is 0.400. The number of hydrogen-bond donors (Lipinski definition) is 0. The maximum Gasteiger partial charge on any atom is 0.311 e. The van der Waals surface area contributed by atoms with E-state index in [2.05, 4.69) is 4.98 Å². The molecular weight excluding hydrogens is 185 g/mol. The molecule has 0 aliphatic rings. The number of aromatic nitrogens is 1. The topological polar surface area (TPSA) is 39.2 Å².